The van der Waals surface area contributed by atoms with E-state index in [1.165, 1.54) is 12.1 Å². The molecule has 0 radical (unpaired) electrons. The van der Waals surface area contributed by atoms with Crippen LogP contribution >= 0.6 is 0 Å². The Bertz CT molecular complexity index is 559. The molecular formula is C16H19FN2O. The fourth-order valence-corrected chi connectivity index (χ4v) is 2.47. The number of likely N-dealkylation sites (tertiary alicyclic amines) is 1. The number of amides is 1. The molecule has 2 rings (SSSR count). The zero-order chi connectivity index (χ0) is 14.5. The molecular weight excluding hydrogens is 255 g/mol. The van der Waals surface area contributed by atoms with Crippen LogP contribution in [0.3, 0.4) is 0 Å². The van der Waals surface area contributed by atoms with E-state index in [0.29, 0.717) is 17.0 Å². The molecule has 0 spiro atoms. The van der Waals surface area contributed by atoms with Gasteiger partial charge >= 0.3 is 0 Å². The molecule has 106 valence electrons. The molecule has 1 fully saturated rings. The minimum atomic E-state index is -0.419. The van der Waals surface area contributed by atoms with Crippen molar-refractivity contribution in [3.05, 3.63) is 35.1 Å². The monoisotopic (exact) mass is 274 g/mol. The van der Waals surface area contributed by atoms with Gasteiger partial charge in [0.2, 0.25) is 0 Å². The lowest BCUT2D eigenvalue weighted by molar-refractivity contribution is 0.0786. The molecule has 1 aromatic carbocycles. The van der Waals surface area contributed by atoms with Crippen LogP contribution in [0.1, 0.15) is 35.7 Å². The van der Waals surface area contributed by atoms with Gasteiger partial charge in [0, 0.05) is 18.7 Å². The van der Waals surface area contributed by atoms with Gasteiger partial charge in [0.15, 0.2) is 0 Å². The molecule has 1 aromatic rings. The van der Waals surface area contributed by atoms with Crippen LogP contribution < -0.4 is 5.73 Å². The maximum absolute atomic E-state index is 13.4. The second-order valence-electron chi connectivity index (χ2n) is 5.01. The lowest BCUT2D eigenvalue weighted by Gasteiger charge is -2.17. The Kier molecular flexibility index (Phi) is 4.75. The van der Waals surface area contributed by atoms with Gasteiger partial charge in [0.05, 0.1) is 12.1 Å². The number of hydrogen-bond donors (Lipinski definition) is 1. The number of rotatable bonds is 2. The number of carbonyl (C=O) groups is 1. The number of hydrogen-bond acceptors (Lipinski definition) is 2. The summed E-state index contributed by atoms with van der Waals surface area (Å²) in [5.41, 5.74) is 6.23. The molecule has 1 heterocycles. The summed E-state index contributed by atoms with van der Waals surface area (Å²) < 4.78 is 13.4. The summed E-state index contributed by atoms with van der Waals surface area (Å²) in [6, 6.07) is 4.12. The molecule has 3 nitrogen and oxygen atoms in total. The average Bonchev–Trinajstić information content (AvgIpc) is 2.94. The minimum absolute atomic E-state index is 0.137. The third-order valence-electron chi connectivity index (χ3n) is 3.69. The topological polar surface area (TPSA) is 46.3 Å². The van der Waals surface area contributed by atoms with Gasteiger partial charge in [-0.25, -0.2) is 4.39 Å². The molecule has 1 atom stereocenters. The van der Waals surface area contributed by atoms with Gasteiger partial charge in [-0.1, -0.05) is 25.2 Å². The van der Waals surface area contributed by atoms with Crippen LogP contribution in [0.15, 0.2) is 18.2 Å². The zero-order valence-electron chi connectivity index (χ0n) is 11.7. The highest BCUT2D eigenvalue weighted by atomic mass is 19.1. The van der Waals surface area contributed by atoms with Gasteiger partial charge in [-0.15, -0.1) is 0 Å². The smallest absolute Gasteiger partial charge is 0.255 e. The first-order valence-electron chi connectivity index (χ1n) is 6.93. The molecule has 0 aromatic heterocycles. The summed E-state index contributed by atoms with van der Waals surface area (Å²) in [6.07, 6.45) is 2.08. The molecule has 4 heteroatoms. The predicted molar refractivity (Wildman–Crippen MR) is 76.6 cm³/mol. The van der Waals surface area contributed by atoms with Crippen LogP contribution in [-0.4, -0.2) is 30.4 Å². The maximum atomic E-state index is 13.4. The van der Waals surface area contributed by atoms with E-state index in [1.54, 1.807) is 11.0 Å². The molecule has 1 amide bonds. The first-order valence-corrected chi connectivity index (χ1v) is 6.93. The van der Waals surface area contributed by atoms with Crippen molar-refractivity contribution in [2.45, 2.75) is 19.8 Å². The van der Waals surface area contributed by atoms with Crippen LogP contribution in [0.25, 0.3) is 0 Å². The fraction of sp³-hybridized carbons (Fsp3) is 0.438. The zero-order valence-corrected chi connectivity index (χ0v) is 11.7. The summed E-state index contributed by atoms with van der Waals surface area (Å²) in [7, 11) is 0. The average molecular weight is 274 g/mol. The molecule has 1 saturated heterocycles. The molecule has 20 heavy (non-hydrogen) atoms. The van der Waals surface area contributed by atoms with Crippen molar-refractivity contribution >= 4 is 5.91 Å². The van der Waals surface area contributed by atoms with E-state index >= 15 is 0 Å². The first kappa shape index (κ1) is 14.5. The van der Waals surface area contributed by atoms with Gasteiger partial charge in [0.25, 0.3) is 5.91 Å². The second-order valence-corrected chi connectivity index (χ2v) is 5.01. The summed E-state index contributed by atoms with van der Waals surface area (Å²) in [4.78, 5) is 14.3. The van der Waals surface area contributed by atoms with Crippen molar-refractivity contribution < 1.29 is 9.18 Å². The molecule has 0 bridgehead atoms. The minimum Gasteiger partial charge on any atom is -0.338 e. The number of carbonyl (C=O) groups excluding carboxylic acids is 1. The highest BCUT2D eigenvalue weighted by Gasteiger charge is 2.27. The molecule has 0 saturated carbocycles. The molecule has 1 aliphatic rings. The van der Waals surface area contributed by atoms with Crippen molar-refractivity contribution in [1.29, 1.82) is 0 Å². The van der Waals surface area contributed by atoms with Crippen LogP contribution in [-0.2, 0) is 0 Å². The highest BCUT2D eigenvalue weighted by Crippen LogP contribution is 2.22. The van der Waals surface area contributed by atoms with Gasteiger partial charge in [-0.05, 0) is 30.5 Å². The number of nitrogens with zero attached hydrogens (tertiary/aromatic N) is 1. The van der Waals surface area contributed by atoms with Crippen molar-refractivity contribution in [1.82, 2.24) is 4.90 Å². The van der Waals surface area contributed by atoms with E-state index in [2.05, 4.69) is 18.8 Å². The summed E-state index contributed by atoms with van der Waals surface area (Å²) in [6.45, 7) is 3.82. The molecule has 0 aliphatic carbocycles. The van der Waals surface area contributed by atoms with Crippen molar-refractivity contribution in [3.8, 4) is 11.8 Å². The second kappa shape index (κ2) is 6.53. The predicted octanol–water partition coefficient (Wildman–Crippen LogP) is 2.01. The Morgan fingerprint density at radius 1 is 1.55 bits per heavy atom. The quantitative estimate of drug-likeness (QED) is 0.839. The van der Waals surface area contributed by atoms with Gasteiger partial charge < -0.3 is 10.6 Å². The largest absolute Gasteiger partial charge is 0.338 e. The maximum Gasteiger partial charge on any atom is 0.255 e. The Labute approximate surface area is 119 Å². The van der Waals surface area contributed by atoms with E-state index < -0.39 is 5.82 Å². The van der Waals surface area contributed by atoms with E-state index in [0.717, 1.165) is 25.9 Å². The van der Waals surface area contributed by atoms with E-state index in [4.69, 9.17) is 5.73 Å². The van der Waals surface area contributed by atoms with Gasteiger partial charge in [-0.3, -0.25) is 4.79 Å². The lowest BCUT2D eigenvalue weighted by atomic mass is 10.1. The lowest BCUT2D eigenvalue weighted by Crippen LogP contribution is -2.29. The van der Waals surface area contributed by atoms with Gasteiger partial charge in [0.1, 0.15) is 5.82 Å². The number of benzene rings is 1. The SMILES string of the molecule is CCC1CCN(C(=O)c2cc(F)ccc2C#CCN)C1. The van der Waals surface area contributed by atoms with Crippen molar-refractivity contribution in [2.24, 2.45) is 11.7 Å². The number of nitrogens with two attached hydrogens (primary N) is 1. The van der Waals surface area contributed by atoms with Crippen LogP contribution in [0.4, 0.5) is 4.39 Å². The Balaban J connectivity index is 2.27. The van der Waals surface area contributed by atoms with E-state index in [1.807, 2.05) is 0 Å². The third-order valence-corrected chi connectivity index (χ3v) is 3.69. The first-order chi connectivity index (χ1) is 9.65. The normalized spacial score (nSPS) is 17.8. The molecule has 2 N–H and O–H groups in total. The fourth-order valence-electron chi connectivity index (χ4n) is 2.47. The van der Waals surface area contributed by atoms with Crippen LogP contribution in [0, 0.1) is 23.6 Å². The van der Waals surface area contributed by atoms with Crippen LogP contribution in [0.2, 0.25) is 0 Å². The van der Waals surface area contributed by atoms with Crippen LogP contribution in [0.5, 0.6) is 0 Å². The van der Waals surface area contributed by atoms with Gasteiger partial charge in [-0.2, -0.15) is 0 Å². The Morgan fingerprint density at radius 3 is 3.00 bits per heavy atom. The highest BCUT2D eigenvalue weighted by molar-refractivity contribution is 5.97. The third kappa shape index (κ3) is 3.17. The van der Waals surface area contributed by atoms with Crippen molar-refractivity contribution in [3.63, 3.8) is 0 Å². The molecule has 1 unspecified atom stereocenters. The molecule has 1 aliphatic heterocycles. The van der Waals surface area contributed by atoms with Crippen molar-refractivity contribution in [2.75, 3.05) is 19.6 Å². The Morgan fingerprint density at radius 2 is 2.35 bits per heavy atom. The Hall–Kier alpha value is -1.86. The number of halogens is 1. The van der Waals surface area contributed by atoms with E-state index in [9.17, 15) is 9.18 Å². The summed E-state index contributed by atoms with van der Waals surface area (Å²) in [5.74, 6) is 5.55. The summed E-state index contributed by atoms with van der Waals surface area (Å²) >= 11 is 0. The standard InChI is InChI=1S/C16H19FN2O/c1-2-12-7-9-19(11-12)16(20)15-10-14(17)6-5-13(15)4-3-8-18/h5-6,10,12H,2,7-9,11,18H2,1H3. The van der Waals surface area contributed by atoms with E-state index in [-0.39, 0.29) is 12.5 Å². The summed E-state index contributed by atoms with van der Waals surface area (Å²) in [5, 5.41) is 0.